The Kier molecular flexibility index (Phi) is 2.62. The lowest BCUT2D eigenvalue weighted by Gasteiger charge is -2.21. The maximum absolute atomic E-state index is 5.75. The number of aromatic nitrogens is 2. The zero-order valence-electron chi connectivity index (χ0n) is 9.30. The predicted molar refractivity (Wildman–Crippen MR) is 62.5 cm³/mol. The van der Waals surface area contributed by atoms with E-state index in [9.17, 15) is 0 Å². The standard InChI is InChI=1S/C13H16N2O/c1-3-7-15-11(5-1)10-14-13(15)9-12-6-2-4-8-16-12/h1,3,5,7,10,12H,2,4,6,8-9H2. The highest BCUT2D eigenvalue weighted by Crippen LogP contribution is 2.17. The SMILES string of the molecule is c1ccn2c(CC3CCCCO3)ncc2c1. The molecule has 2 aromatic heterocycles. The second-order valence-corrected chi connectivity index (χ2v) is 4.36. The van der Waals surface area contributed by atoms with Crippen LogP contribution in [0.1, 0.15) is 25.1 Å². The van der Waals surface area contributed by atoms with E-state index in [-0.39, 0.29) is 0 Å². The molecule has 1 unspecified atom stereocenters. The Bertz CT molecular complexity index is 471. The first-order chi connectivity index (χ1) is 7.93. The smallest absolute Gasteiger partial charge is 0.115 e. The Hall–Kier alpha value is -1.35. The number of imidazole rings is 1. The van der Waals surface area contributed by atoms with Crippen LogP contribution in [0.25, 0.3) is 5.52 Å². The summed E-state index contributed by atoms with van der Waals surface area (Å²) in [5.41, 5.74) is 1.16. The molecule has 0 N–H and O–H groups in total. The van der Waals surface area contributed by atoms with Crippen molar-refractivity contribution in [3.8, 4) is 0 Å². The van der Waals surface area contributed by atoms with E-state index in [0.29, 0.717) is 6.10 Å². The summed E-state index contributed by atoms with van der Waals surface area (Å²) in [4.78, 5) is 4.47. The second-order valence-electron chi connectivity index (χ2n) is 4.36. The van der Waals surface area contributed by atoms with Crippen molar-refractivity contribution >= 4 is 5.52 Å². The fourth-order valence-electron chi connectivity index (χ4n) is 2.32. The van der Waals surface area contributed by atoms with Gasteiger partial charge >= 0.3 is 0 Å². The van der Waals surface area contributed by atoms with Gasteiger partial charge in [0, 0.05) is 19.2 Å². The van der Waals surface area contributed by atoms with E-state index in [2.05, 4.69) is 21.6 Å². The van der Waals surface area contributed by atoms with E-state index in [1.807, 2.05) is 18.3 Å². The van der Waals surface area contributed by atoms with E-state index in [0.717, 1.165) is 24.4 Å². The van der Waals surface area contributed by atoms with Crippen molar-refractivity contribution in [2.45, 2.75) is 31.8 Å². The number of hydrogen-bond donors (Lipinski definition) is 0. The molecule has 0 saturated carbocycles. The zero-order chi connectivity index (χ0) is 10.8. The lowest BCUT2D eigenvalue weighted by atomic mass is 10.1. The summed E-state index contributed by atoms with van der Waals surface area (Å²) in [5, 5.41) is 0. The average Bonchev–Trinajstić information content (AvgIpc) is 2.74. The molecule has 0 radical (unpaired) electrons. The second kappa shape index (κ2) is 4.26. The summed E-state index contributed by atoms with van der Waals surface area (Å²) in [6.45, 7) is 0.911. The van der Waals surface area contributed by atoms with Crippen molar-refractivity contribution in [1.29, 1.82) is 0 Å². The third-order valence-electron chi connectivity index (χ3n) is 3.20. The van der Waals surface area contributed by atoms with E-state index in [1.165, 1.54) is 19.3 Å². The van der Waals surface area contributed by atoms with Crippen LogP contribution in [-0.2, 0) is 11.2 Å². The van der Waals surface area contributed by atoms with Crippen LogP contribution in [0, 0.1) is 0 Å². The molecule has 16 heavy (non-hydrogen) atoms. The molecular formula is C13H16N2O. The lowest BCUT2D eigenvalue weighted by molar-refractivity contribution is 0.0156. The van der Waals surface area contributed by atoms with Crippen molar-refractivity contribution in [1.82, 2.24) is 9.38 Å². The molecule has 3 heterocycles. The summed E-state index contributed by atoms with van der Waals surface area (Å²) in [7, 11) is 0. The molecule has 3 heteroatoms. The van der Waals surface area contributed by atoms with Gasteiger partial charge in [0.1, 0.15) is 5.82 Å². The van der Waals surface area contributed by atoms with Gasteiger partial charge in [-0.1, -0.05) is 6.07 Å². The van der Waals surface area contributed by atoms with Gasteiger partial charge in [-0.15, -0.1) is 0 Å². The number of rotatable bonds is 2. The quantitative estimate of drug-likeness (QED) is 0.770. The summed E-state index contributed by atoms with van der Waals surface area (Å²) in [6, 6.07) is 6.16. The molecule has 1 aliphatic heterocycles. The molecule has 0 amide bonds. The normalized spacial score (nSPS) is 21.4. The Morgan fingerprint density at radius 1 is 1.38 bits per heavy atom. The van der Waals surface area contributed by atoms with Crippen LogP contribution in [-0.4, -0.2) is 22.1 Å². The maximum Gasteiger partial charge on any atom is 0.115 e. The largest absolute Gasteiger partial charge is 0.378 e. The van der Waals surface area contributed by atoms with E-state index in [1.54, 1.807) is 0 Å². The van der Waals surface area contributed by atoms with Crippen LogP contribution in [0.3, 0.4) is 0 Å². The fourth-order valence-corrected chi connectivity index (χ4v) is 2.32. The average molecular weight is 216 g/mol. The Labute approximate surface area is 95.1 Å². The van der Waals surface area contributed by atoms with Crippen molar-refractivity contribution < 1.29 is 4.74 Å². The van der Waals surface area contributed by atoms with Crippen LogP contribution in [0.4, 0.5) is 0 Å². The first-order valence-electron chi connectivity index (χ1n) is 5.96. The van der Waals surface area contributed by atoms with Gasteiger partial charge in [0.05, 0.1) is 17.8 Å². The predicted octanol–water partition coefficient (Wildman–Crippen LogP) is 2.45. The van der Waals surface area contributed by atoms with Crippen LogP contribution in [0.5, 0.6) is 0 Å². The Morgan fingerprint density at radius 3 is 3.25 bits per heavy atom. The minimum absolute atomic E-state index is 0.361. The van der Waals surface area contributed by atoms with E-state index in [4.69, 9.17) is 4.74 Å². The van der Waals surface area contributed by atoms with Gasteiger partial charge in [0.25, 0.3) is 0 Å². The lowest BCUT2D eigenvalue weighted by Crippen LogP contribution is -2.22. The van der Waals surface area contributed by atoms with Gasteiger partial charge in [-0.25, -0.2) is 4.98 Å². The van der Waals surface area contributed by atoms with Gasteiger partial charge in [0.15, 0.2) is 0 Å². The third kappa shape index (κ3) is 1.83. The summed E-state index contributed by atoms with van der Waals surface area (Å²) in [6.07, 6.45) is 8.95. The maximum atomic E-state index is 5.75. The number of pyridine rings is 1. The van der Waals surface area contributed by atoms with Crippen molar-refractivity contribution in [2.75, 3.05) is 6.61 Å². The highest BCUT2D eigenvalue weighted by Gasteiger charge is 2.16. The van der Waals surface area contributed by atoms with Gasteiger partial charge in [-0.05, 0) is 31.4 Å². The van der Waals surface area contributed by atoms with Gasteiger partial charge in [-0.3, -0.25) is 0 Å². The minimum atomic E-state index is 0.361. The van der Waals surface area contributed by atoms with Crippen LogP contribution in [0.15, 0.2) is 30.6 Å². The zero-order valence-corrected chi connectivity index (χ0v) is 9.30. The number of fused-ring (bicyclic) bond motifs is 1. The number of ether oxygens (including phenoxy) is 1. The molecule has 3 rings (SSSR count). The molecule has 0 spiro atoms. The first kappa shape index (κ1) is 9.85. The number of nitrogens with zero attached hydrogens (tertiary/aromatic N) is 2. The van der Waals surface area contributed by atoms with Crippen LogP contribution >= 0.6 is 0 Å². The molecular weight excluding hydrogens is 200 g/mol. The molecule has 3 nitrogen and oxygen atoms in total. The molecule has 1 atom stereocenters. The molecule has 0 aliphatic carbocycles. The van der Waals surface area contributed by atoms with Gasteiger partial charge < -0.3 is 9.14 Å². The van der Waals surface area contributed by atoms with Gasteiger partial charge in [0.2, 0.25) is 0 Å². The minimum Gasteiger partial charge on any atom is -0.378 e. The summed E-state index contributed by atoms with van der Waals surface area (Å²) < 4.78 is 7.90. The molecule has 1 aliphatic rings. The van der Waals surface area contributed by atoms with Crippen LogP contribution in [0.2, 0.25) is 0 Å². The molecule has 84 valence electrons. The highest BCUT2D eigenvalue weighted by molar-refractivity contribution is 5.45. The van der Waals surface area contributed by atoms with Crippen molar-refractivity contribution in [3.05, 3.63) is 36.4 Å². The van der Waals surface area contributed by atoms with Crippen molar-refractivity contribution in [3.63, 3.8) is 0 Å². The molecule has 1 fully saturated rings. The monoisotopic (exact) mass is 216 g/mol. The number of hydrogen-bond acceptors (Lipinski definition) is 2. The third-order valence-corrected chi connectivity index (χ3v) is 3.20. The summed E-state index contributed by atoms with van der Waals surface area (Å²) >= 11 is 0. The van der Waals surface area contributed by atoms with Crippen LogP contribution < -0.4 is 0 Å². The Balaban J connectivity index is 1.83. The highest BCUT2D eigenvalue weighted by atomic mass is 16.5. The summed E-state index contributed by atoms with van der Waals surface area (Å²) in [5.74, 6) is 1.11. The molecule has 0 bridgehead atoms. The fraction of sp³-hybridized carbons (Fsp3) is 0.462. The van der Waals surface area contributed by atoms with E-state index >= 15 is 0 Å². The topological polar surface area (TPSA) is 26.5 Å². The van der Waals surface area contributed by atoms with Crippen molar-refractivity contribution in [2.24, 2.45) is 0 Å². The molecule has 1 saturated heterocycles. The molecule has 0 aromatic carbocycles. The van der Waals surface area contributed by atoms with Gasteiger partial charge in [-0.2, -0.15) is 0 Å². The van der Waals surface area contributed by atoms with E-state index < -0.39 is 0 Å². The Morgan fingerprint density at radius 2 is 2.38 bits per heavy atom. The first-order valence-corrected chi connectivity index (χ1v) is 5.96. The molecule has 2 aromatic rings.